The van der Waals surface area contributed by atoms with Gasteiger partial charge in [-0.1, -0.05) is 0 Å². The molecule has 1 aromatic heterocycles. The smallest absolute Gasteiger partial charge is 0.274 e. The Bertz CT molecular complexity index is 402. The van der Waals surface area contributed by atoms with Crippen molar-refractivity contribution in [1.82, 2.24) is 10.0 Å². The van der Waals surface area contributed by atoms with E-state index in [-0.39, 0.29) is 10.6 Å². The molecule has 0 unspecified atom stereocenters. The van der Waals surface area contributed by atoms with Gasteiger partial charge in [-0.15, -0.1) is 11.3 Å². The number of aromatic nitrogens is 1. The molecule has 0 aliphatic heterocycles. The quantitative estimate of drug-likeness (QED) is 0.759. The average molecular weight is 254 g/mol. The second-order valence-corrected chi connectivity index (χ2v) is 3.92. The van der Waals surface area contributed by atoms with Crippen LogP contribution in [0.5, 0.6) is 0 Å². The molecule has 0 aliphatic carbocycles. The number of thiazole rings is 1. The Balaban J connectivity index is 3.08. The molecule has 0 radical (unpaired) electrons. The van der Waals surface area contributed by atoms with Gasteiger partial charge < -0.3 is 0 Å². The molecule has 0 aliphatic rings. The van der Waals surface area contributed by atoms with Crippen molar-refractivity contribution in [1.29, 1.82) is 0 Å². The molecule has 1 heterocycles. The van der Waals surface area contributed by atoms with E-state index in [0.29, 0.717) is 11.3 Å². The van der Waals surface area contributed by atoms with Gasteiger partial charge in [0.05, 0.1) is 12.8 Å². The highest BCUT2D eigenvalue weighted by molar-refractivity contribution is 7.13. The van der Waals surface area contributed by atoms with Crippen molar-refractivity contribution in [3.05, 3.63) is 15.6 Å². The van der Waals surface area contributed by atoms with Crippen molar-refractivity contribution in [2.45, 2.75) is 13.1 Å². The maximum atomic E-state index is 12.3. The van der Waals surface area contributed by atoms with Crippen LogP contribution in [0.1, 0.15) is 20.4 Å². The van der Waals surface area contributed by atoms with Gasteiger partial charge >= 0.3 is 6.18 Å². The molecule has 0 saturated carbocycles. The first-order valence-corrected chi connectivity index (χ1v) is 4.95. The highest BCUT2D eigenvalue weighted by Crippen LogP contribution is 2.34. The number of amides is 1. The van der Waals surface area contributed by atoms with Crippen LogP contribution in [0.25, 0.3) is 0 Å². The second-order valence-electron chi connectivity index (χ2n) is 2.92. The van der Waals surface area contributed by atoms with E-state index in [1.165, 1.54) is 21.1 Å². The molecule has 0 saturated heterocycles. The summed E-state index contributed by atoms with van der Waals surface area (Å²) in [4.78, 5) is 19.4. The second kappa shape index (κ2) is 4.38. The molecule has 16 heavy (non-hydrogen) atoms. The fourth-order valence-electron chi connectivity index (χ4n) is 0.942. The normalized spacial score (nSPS) is 11.6. The fraction of sp³-hybridized carbons (Fsp3) is 0.500. The molecule has 0 N–H and O–H groups in total. The minimum absolute atomic E-state index is 0.0474. The van der Waals surface area contributed by atoms with Gasteiger partial charge in [0.15, 0.2) is 5.01 Å². The standard InChI is InChI=1S/C8H9F3N2O2S/c1-4-5(6(14)13(2)15-3)16-7(12-4)8(9,10)11/h1-3H3. The summed E-state index contributed by atoms with van der Waals surface area (Å²) in [7, 11) is 2.56. The van der Waals surface area contributed by atoms with E-state index < -0.39 is 17.1 Å². The third-order valence-corrected chi connectivity index (χ3v) is 2.98. The Morgan fingerprint density at radius 2 is 2.06 bits per heavy atom. The number of carbonyl (C=O) groups is 1. The molecule has 0 spiro atoms. The van der Waals surface area contributed by atoms with Gasteiger partial charge in [-0.2, -0.15) is 13.2 Å². The zero-order valence-electron chi connectivity index (χ0n) is 8.75. The van der Waals surface area contributed by atoms with Gasteiger partial charge in [-0.05, 0) is 6.92 Å². The SMILES string of the molecule is CON(C)C(=O)c1sc(C(F)(F)F)nc1C. The van der Waals surface area contributed by atoms with E-state index in [9.17, 15) is 18.0 Å². The van der Waals surface area contributed by atoms with Crippen molar-refractivity contribution in [3.63, 3.8) is 0 Å². The molecule has 0 bridgehead atoms. The highest BCUT2D eigenvalue weighted by atomic mass is 32.1. The van der Waals surface area contributed by atoms with E-state index in [1.54, 1.807) is 0 Å². The Morgan fingerprint density at radius 1 is 1.50 bits per heavy atom. The Kier molecular flexibility index (Phi) is 3.54. The first kappa shape index (κ1) is 12.9. The number of hydrogen-bond donors (Lipinski definition) is 0. The lowest BCUT2D eigenvalue weighted by Gasteiger charge is -2.11. The zero-order valence-corrected chi connectivity index (χ0v) is 9.57. The monoisotopic (exact) mass is 254 g/mol. The molecular weight excluding hydrogens is 245 g/mol. The first-order valence-electron chi connectivity index (χ1n) is 4.14. The lowest BCUT2D eigenvalue weighted by Crippen LogP contribution is -2.25. The Morgan fingerprint density at radius 3 is 2.44 bits per heavy atom. The van der Waals surface area contributed by atoms with Gasteiger partial charge in [0, 0.05) is 7.05 Å². The first-order chi connectivity index (χ1) is 7.27. The number of alkyl halides is 3. The van der Waals surface area contributed by atoms with Gasteiger partial charge in [-0.25, -0.2) is 10.0 Å². The number of hydroxylamine groups is 2. The predicted octanol–water partition coefficient (Wildman–Crippen LogP) is 2.10. The lowest BCUT2D eigenvalue weighted by molar-refractivity contribution is -0.137. The van der Waals surface area contributed by atoms with Crippen molar-refractivity contribution in [3.8, 4) is 0 Å². The summed E-state index contributed by atoms with van der Waals surface area (Å²) < 4.78 is 37.0. The summed E-state index contributed by atoms with van der Waals surface area (Å²) >= 11 is 0.311. The minimum Gasteiger partial charge on any atom is -0.274 e. The van der Waals surface area contributed by atoms with Crippen molar-refractivity contribution >= 4 is 17.2 Å². The molecule has 0 aromatic carbocycles. The van der Waals surface area contributed by atoms with Crippen LogP contribution in [-0.2, 0) is 11.0 Å². The maximum Gasteiger partial charge on any atom is 0.443 e. The van der Waals surface area contributed by atoms with Gasteiger partial charge in [0.1, 0.15) is 4.88 Å². The van der Waals surface area contributed by atoms with Crippen LogP contribution in [0.3, 0.4) is 0 Å². The molecular formula is C8H9F3N2O2S. The third kappa shape index (κ3) is 2.50. The average Bonchev–Trinajstić information content (AvgIpc) is 2.57. The molecule has 1 rings (SSSR count). The third-order valence-electron chi connectivity index (χ3n) is 1.79. The molecule has 8 heteroatoms. The summed E-state index contributed by atoms with van der Waals surface area (Å²) in [6.07, 6.45) is -4.53. The molecule has 4 nitrogen and oxygen atoms in total. The summed E-state index contributed by atoms with van der Waals surface area (Å²) in [5.41, 5.74) is 0.0474. The van der Waals surface area contributed by atoms with Crippen LogP contribution in [0.2, 0.25) is 0 Å². The lowest BCUT2D eigenvalue weighted by atomic mass is 10.4. The van der Waals surface area contributed by atoms with Crippen molar-refractivity contribution < 1.29 is 22.8 Å². The molecule has 90 valence electrons. The number of rotatable bonds is 2. The molecule has 0 atom stereocenters. The number of nitrogens with zero attached hydrogens (tertiary/aromatic N) is 2. The summed E-state index contributed by atoms with van der Waals surface area (Å²) in [6, 6.07) is 0. The van der Waals surface area contributed by atoms with Crippen molar-refractivity contribution in [2.75, 3.05) is 14.2 Å². The summed E-state index contributed by atoms with van der Waals surface area (Å²) in [5.74, 6) is -0.645. The summed E-state index contributed by atoms with van der Waals surface area (Å²) in [5, 5.41) is -0.182. The van der Waals surface area contributed by atoms with Crippen LogP contribution in [0.15, 0.2) is 0 Å². The Hall–Kier alpha value is -1.15. The fourth-order valence-corrected chi connectivity index (χ4v) is 1.84. The minimum atomic E-state index is -4.53. The van der Waals surface area contributed by atoms with E-state index in [0.717, 1.165) is 5.06 Å². The van der Waals surface area contributed by atoms with Gasteiger partial charge in [0.25, 0.3) is 5.91 Å². The van der Waals surface area contributed by atoms with Crippen molar-refractivity contribution in [2.24, 2.45) is 0 Å². The van der Waals surface area contributed by atoms with Gasteiger partial charge in [0.2, 0.25) is 0 Å². The van der Waals surface area contributed by atoms with E-state index in [4.69, 9.17) is 0 Å². The number of carbonyl (C=O) groups excluding carboxylic acids is 1. The largest absolute Gasteiger partial charge is 0.443 e. The highest BCUT2D eigenvalue weighted by Gasteiger charge is 2.36. The topological polar surface area (TPSA) is 42.4 Å². The number of halogens is 3. The molecule has 1 aromatic rings. The van der Waals surface area contributed by atoms with E-state index in [1.807, 2.05) is 0 Å². The molecule has 1 amide bonds. The van der Waals surface area contributed by atoms with Crippen LogP contribution < -0.4 is 0 Å². The predicted molar refractivity (Wildman–Crippen MR) is 51.0 cm³/mol. The maximum absolute atomic E-state index is 12.3. The van der Waals surface area contributed by atoms with E-state index >= 15 is 0 Å². The van der Waals surface area contributed by atoms with Crippen LogP contribution in [0, 0.1) is 6.92 Å². The van der Waals surface area contributed by atoms with E-state index in [2.05, 4.69) is 9.82 Å². The van der Waals surface area contributed by atoms with Gasteiger partial charge in [-0.3, -0.25) is 9.63 Å². The number of hydrogen-bond acceptors (Lipinski definition) is 4. The number of aryl methyl sites for hydroxylation is 1. The molecule has 0 fully saturated rings. The van der Waals surface area contributed by atoms with Crippen LogP contribution >= 0.6 is 11.3 Å². The van der Waals surface area contributed by atoms with Crippen LogP contribution in [-0.4, -0.2) is 30.1 Å². The Labute approximate surface area is 93.6 Å². The zero-order chi connectivity index (χ0) is 12.5. The summed E-state index contributed by atoms with van der Waals surface area (Å²) in [6.45, 7) is 1.35. The van der Waals surface area contributed by atoms with Crippen LogP contribution in [0.4, 0.5) is 13.2 Å².